The molecule has 2 heterocycles. The van der Waals surface area contributed by atoms with Crippen molar-refractivity contribution in [2.75, 3.05) is 11.9 Å². The zero-order chi connectivity index (χ0) is 20.4. The van der Waals surface area contributed by atoms with E-state index in [0.29, 0.717) is 23.9 Å². The molecule has 0 unspecified atom stereocenters. The van der Waals surface area contributed by atoms with Crippen molar-refractivity contribution in [2.24, 2.45) is 5.92 Å². The quantitative estimate of drug-likeness (QED) is 0.719. The molecule has 2 amide bonds. The Bertz CT molecular complexity index is 1010. The van der Waals surface area contributed by atoms with Crippen LogP contribution < -0.4 is 5.32 Å². The highest BCUT2D eigenvalue weighted by Crippen LogP contribution is 2.25. The van der Waals surface area contributed by atoms with Crippen molar-refractivity contribution >= 4 is 17.5 Å². The van der Waals surface area contributed by atoms with Crippen LogP contribution in [0.15, 0.2) is 59.1 Å². The van der Waals surface area contributed by atoms with Gasteiger partial charge in [-0.2, -0.15) is 4.98 Å². The Hall–Kier alpha value is -3.48. The first-order valence-corrected chi connectivity index (χ1v) is 9.61. The number of amides is 2. The van der Waals surface area contributed by atoms with Crippen LogP contribution in [0.25, 0.3) is 22.8 Å². The van der Waals surface area contributed by atoms with E-state index in [9.17, 15) is 9.59 Å². The lowest BCUT2D eigenvalue weighted by atomic mass is 10.1. The third kappa shape index (κ3) is 4.03. The van der Waals surface area contributed by atoms with E-state index in [1.54, 1.807) is 17.0 Å². The molecule has 148 valence electrons. The molecule has 7 heteroatoms. The molecule has 1 aliphatic heterocycles. The topological polar surface area (TPSA) is 88.3 Å². The highest BCUT2D eigenvalue weighted by molar-refractivity contribution is 5.97. The van der Waals surface area contributed by atoms with Gasteiger partial charge in [-0.15, -0.1) is 0 Å². The lowest BCUT2D eigenvalue weighted by molar-refractivity contribution is -0.129. The van der Waals surface area contributed by atoms with Gasteiger partial charge >= 0.3 is 0 Å². The number of benzene rings is 2. The summed E-state index contributed by atoms with van der Waals surface area (Å²) in [6, 6.07) is 16.9. The van der Waals surface area contributed by atoms with Gasteiger partial charge in [0.2, 0.25) is 17.6 Å². The first-order chi connectivity index (χ1) is 14.0. The maximum absolute atomic E-state index is 12.5. The number of rotatable bonds is 5. The van der Waals surface area contributed by atoms with E-state index in [-0.39, 0.29) is 30.2 Å². The minimum atomic E-state index is -0.325. The molecule has 3 aromatic rings. The predicted molar refractivity (Wildman–Crippen MR) is 109 cm³/mol. The summed E-state index contributed by atoms with van der Waals surface area (Å²) >= 11 is 0. The zero-order valence-electron chi connectivity index (χ0n) is 16.3. The Morgan fingerprint density at radius 1 is 1.10 bits per heavy atom. The van der Waals surface area contributed by atoms with Crippen LogP contribution in [0.3, 0.4) is 0 Å². The number of likely N-dealkylation sites (tertiary alicyclic amines) is 1. The summed E-state index contributed by atoms with van der Waals surface area (Å²) in [5, 5.41) is 6.91. The summed E-state index contributed by atoms with van der Waals surface area (Å²) in [5.41, 5.74) is 2.31. The van der Waals surface area contributed by atoms with Crippen LogP contribution in [0.2, 0.25) is 0 Å². The molecule has 2 aromatic carbocycles. The smallest absolute Gasteiger partial charge is 0.258 e. The van der Waals surface area contributed by atoms with Crippen molar-refractivity contribution in [3.8, 4) is 22.8 Å². The van der Waals surface area contributed by atoms with E-state index >= 15 is 0 Å². The Balaban J connectivity index is 1.42. The molecule has 4 rings (SSSR count). The van der Waals surface area contributed by atoms with Gasteiger partial charge in [0.05, 0.1) is 5.92 Å². The van der Waals surface area contributed by atoms with Gasteiger partial charge < -0.3 is 14.7 Å². The lowest BCUT2D eigenvalue weighted by Gasteiger charge is -2.20. The van der Waals surface area contributed by atoms with Crippen LogP contribution in [-0.4, -0.2) is 39.4 Å². The standard InChI is InChI=1S/C22H22N4O3/c1-14(2)26-13-17(12-19(26)27)21(28)23-18-10-8-16(9-11-18)22-24-20(25-29-22)15-6-4-3-5-7-15/h3-11,14,17H,12-13H2,1-2H3,(H,23,28)/t17-/m1/s1. The Labute approximate surface area is 168 Å². The number of carbonyl (C=O) groups is 2. The summed E-state index contributed by atoms with van der Waals surface area (Å²) in [5.74, 6) is 0.503. The minimum Gasteiger partial charge on any atom is -0.339 e. The number of nitrogens with one attached hydrogen (secondary N) is 1. The summed E-state index contributed by atoms with van der Waals surface area (Å²) in [4.78, 5) is 30.7. The van der Waals surface area contributed by atoms with Gasteiger partial charge in [-0.05, 0) is 38.1 Å². The van der Waals surface area contributed by atoms with E-state index in [0.717, 1.165) is 11.1 Å². The first kappa shape index (κ1) is 18.9. The molecule has 0 radical (unpaired) electrons. The fraction of sp³-hybridized carbons (Fsp3) is 0.273. The van der Waals surface area contributed by atoms with Crippen LogP contribution in [0.5, 0.6) is 0 Å². The first-order valence-electron chi connectivity index (χ1n) is 9.61. The SMILES string of the molecule is CC(C)N1C[C@H](C(=O)Nc2ccc(-c3nc(-c4ccccc4)no3)cc2)CC1=O. The van der Waals surface area contributed by atoms with Crippen LogP contribution in [-0.2, 0) is 9.59 Å². The molecule has 1 aromatic heterocycles. The molecule has 7 nitrogen and oxygen atoms in total. The molecule has 1 N–H and O–H groups in total. The summed E-state index contributed by atoms with van der Waals surface area (Å²) < 4.78 is 5.36. The monoisotopic (exact) mass is 390 g/mol. The van der Waals surface area contributed by atoms with Gasteiger partial charge in [-0.1, -0.05) is 35.5 Å². The minimum absolute atomic E-state index is 0.0288. The Morgan fingerprint density at radius 2 is 1.83 bits per heavy atom. The molecule has 1 fully saturated rings. The number of hydrogen-bond acceptors (Lipinski definition) is 5. The van der Waals surface area contributed by atoms with Gasteiger partial charge in [0.25, 0.3) is 5.89 Å². The molecule has 0 saturated carbocycles. The van der Waals surface area contributed by atoms with Gasteiger partial charge in [0.1, 0.15) is 0 Å². The Morgan fingerprint density at radius 3 is 2.48 bits per heavy atom. The van der Waals surface area contributed by atoms with Crippen molar-refractivity contribution in [3.05, 3.63) is 54.6 Å². The highest BCUT2D eigenvalue weighted by Gasteiger charge is 2.35. The molecule has 0 aliphatic carbocycles. The van der Waals surface area contributed by atoms with Crippen molar-refractivity contribution in [1.82, 2.24) is 15.0 Å². The molecule has 29 heavy (non-hydrogen) atoms. The highest BCUT2D eigenvalue weighted by atomic mass is 16.5. The Kier molecular flexibility index (Phi) is 5.12. The van der Waals surface area contributed by atoms with E-state index in [1.165, 1.54) is 0 Å². The van der Waals surface area contributed by atoms with Crippen molar-refractivity contribution < 1.29 is 14.1 Å². The van der Waals surface area contributed by atoms with Gasteiger partial charge in [-0.3, -0.25) is 9.59 Å². The van der Waals surface area contributed by atoms with Gasteiger partial charge in [0.15, 0.2) is 0 Å². The molecule has 1 aliphatic rings. The average molecular weight is 390 g/mol. The summed E-state index contributed by atoms with van der Waals surface area (Å²) in [7, 11) is 0. The van der Waals surface area contributed by atoms with Crippen molar-refractivity contribution in [3.63, 3.8) is 0 Å². The second kappa shape index (κ2) is 7.87. The van der Waals surface area contributed by atoms with Crippen molar-refractivity contribution in [2.45, 2.75) is 26.3 Å². The normalized spacial score (nSPS) is 16.4. The van der Waals surface area contributed by atoms with Crippen LogP contribution in [0, 0.1) is 5.92 Å². The summed E-state index contributed by atoms with van der Waals surface area (Å²) in [6.07, 6.45) is 0.256. The number of anilines is 1. The van der Waals surface area contributed by atoms with E-state index < -0.39 is 0 Å². The average Bonchev–Trinajstić information content (AvgIpc) is 3.36. The number of hydrogen-bond donors (Lipinski definition) is 1. The second-order valence-electron chi connectivity index (χ2n) is 7.40. The maximum atomic E-state index is 12.5. The summed E-state index contributed by atoms with van der Waals surface area (Å²) in [6.45, 7) is 4.37. The third-order valence-electron chi connectivity index (χ3n) is 5.01. The third-order valence-corrected chi connectivity index (χ3v) is 5.01. The maximum Gasteiger partial charge on any atom is 0.258 e. The van der Waals surface area contributed by atoms with Crippen LogP contribution in [0.1, 0.15) is 20.3 Å². The lowest BCUT2D eigenvalue weighted by Crippen LogP contribution is -2.33. The van der Waals surface area contributed by atoms with Gasteiger partial charge in [0, 0.05) is 35.8 Å². The van der Waals surface area contributed by atoms with Crippen LogP contribution >= 0.6 is 0 Å². The predicted octanol–water partition coefficient (Wildman–Crippen LogP) is 3.60. The zero-order valence-corrected chi connectivity index (χ0v) is 16.3. The van der Waals surface area contributed by atoms with Crippen molar-refractivity contribution in [1.29, 1.82) is 0 Å². The number of carbonyl (C=O) groups excluding carboxylic acids is 2. The number of aromatic nitrogens is 2. The van der Waals surface area contributed by atoms with Gasteiger partial charge in [-0.25, -0.2) is 0 Å². The molecular formula is C22H22N4O3. The van der Waals surface area contributed by atoms with E-state index in [4.69, 9.17) is 4.52 Å². The molecule has 0 bridgehead atoms. The largest absolute Gasteiger partial charge is 0.339 e. The fourth-order valence-electron chi connectivity index (χ4n) is 3.39. The second-order valence-corrected chi connectivity index (χ2v) is 7.40. The molecule has 0 spiro atoms. The van der Waals surface area contributed by atoms with E-state index in [2.05, 4.69) is 15.5 Å². The fourth-order valence-corrected chi connectivity index (χ4v) is 3.39. The number of nitrogens with zero attached hydrogens (tertiary/aromatic N) is 3. The van der Waals surface area contributed by atoms with E-state index in [1.807, 2.05) is 56.3 Å². The molecular weight excluding hydrogens is 368 g/mol. The van der Waals surface area contributed by atoms with Crippen LogP contribution in [0.4, 0.5) is 5.69 Å². The molecule has 1 saturated heterocycles. The molecule has 1 atom stereocenters.